The molecule has 0 saturated carbocycles. The van der Waals surface area contributed by atoms with Gasteiger partial charge in [-0.15, -0.1) is 0 Å². The van der Waals surface area contributed by atoms with Crippen LogP contribution in [0.4, 0.5) is 0 Å². The largest absolute Gasteiger partial charge is 0.400 e. The van der Waals surface area contributed by atoms with Gasteiger partial charge in [-0.05, 0) is 0 Å². The van der Waals surface area contributed by atoms with Crippen LogP contribution in [0.3, 0.4) is 0 Å². The first-order valence-corrected chi connectivity index (χ1v) is 5.25. The van der Waals surface area contributed by atoms with Crippen molar-refractivity contribution in [2.45, 2.75) is 6.10 Å². The molecule has 92 valence electrons. The molecule has 0 fully saturated rings. The smallest absolute Gasteiger partial charge is 0.371 e. The van der Waals surface area contributed by atoms with E-state index in [0.29, 0.717) is 0 Å². The molecule has 0 atom stereocenters. The average Bonchev–Trinajstić information content (AvgIpc) is 2.22. The summed E-state index contributed by atoms with van der Waals surface area (Å²) in [4.78, 5) is 0. The Labute approximate surface area is 87.7 Å². The minimum absolute atomic E-state index is 0.209. The van der Waals surface area contributed by atoms with E-state index in [4.69, 9.17) is 10.2 Å². The first-order chi connectivity index (χ1) is 7.05. The van der Waals surface area contributed by atoms with Crippen LogP contribution in [0.2, 0.25) is 0 Å². The minimum atomic E-state index is -4.10. The molecular weight excluding hydrogens is 232 g/mol. The average molecular weight is 246 g/mol. The van der Waals surface area contributed by atoms with Gasteiger partial charge in [0.2, 0.25) is 0 Å². The fraction of sp³-hybridized carbons (Fsp3) is 1.00. The Hall–Kier alpha value is -0.290. The lowest BCUT2D eigenvalue weighted by Gasteiger charge is -2.15. The highest BCUT2D eigenvalue weighted by atomic mass is 32.3. The predicted octanol–water partition coefficient (Wildman–Crippen LogP) is -1.80. The molecule has 0 aromatic rings. The minimum Gasteiger partial charge on any atom is -0.371 e. The normalized spacial score (nSPS) is 12.3. The van der Waals surface area contributed by atoms with E-state index in [1.165, 1.54) is 0 Å². The SMILES string of the molecule is COS(=O)(=O)OC(COCO)COCO. The summed E-state index contributed by atoms with van der Waals surface area (Å²) < 4.78 is 39.3. The summed E-state index contributed by atoms with van der Waals surface area (Å²) in [5.41, 5.74) is 0. The molecule has 9 heteroatoms. The molecule has 0 unspecified atom stereocenters. The molecule has 0 bridgehead atoms. The molecule has 0 saturated heterocycles. The quantitative estimate of drug-likeness (QED) is 0.458. The molecule has 0 aliphatic carbocycles. The Kier molecular flexibility index (Phi) is 7.78. The van der Waals surface area contributed by atoms with Gasteiger partial charge in [0, 0.05) is 0 Å². The van der Waals surface area contributed by atoms with E-state index in [-0.39, 0.29) is 13.2 Å². The van der Waals surface area contributed by atoms with Crippen molar-refractivity contribution >= 4 is 10.4 Å². The number of aliphatic hydroxyl groups excluding tert-OH is 2. The van der Waals surface area contributed by atoms with Gasteiger partial charge in [0.15, 0.2) is 0 Å². The van der Waals surface area contributed by atoms with E-state index in [0.717, 1.165) is 7.11 Å². The number of aliphatic hydroxyl groups is 2. The highest BCUT2D eigenvalue weighted by Gasteiger charge is 2.19. The lowest BCUT2D eigenvalue weighted by atomic mass is 10.4. The van der Waals surface area contributed by atoms with Crippen molar-refractivity contribution in [3.63, 3.8) is 0 Å². The van der Waals surface area contributed by atoms with Gasteiger partial charge in [-0.1, -0.05) is 0 Å². The Morgan fingerprint density at radius 3 is 1.93 bits per heavy atom. The molecule has 0 spiro atoms. The Balaban J connectivity index is 4.10. The molecule has 0 aromatic carbocycles. The van der Waals surface area contributed by atoms with Crippen molar-refractivity contribution < 1.29 is 36.5 Å². The summed E-state index contributed by atoms with van der Waals surface area (Å²) in [6, 6.07) is 0. The van der Waals surface area contributed by atoms with E-state index in [1.807, 2.05) is 0 Å². The third kappa shape index (κ3) is 7.62. The molecule has 15 heavy (non-hydrogen) atoms. The van der Waals surface area contributed by atoms with Crippen LogP contribution in [0, 0.1) is 0 Å². The molecule has 8 nitrogen and oxygen atoms in total. The van der Waals surface area contributed by atoms with Crippen LogP contribution >= 0.6 is 0 Å². The van der Waals surface area contributed by atoms with Gasteiger partial charge >= 0.3 is 10.4 Å². The molecule has 0 aliphatic heterocycles. The van der Waals surface area contributed by atoms with Crippen LogP contribution < -0.4 is 0 Å². The first-order valence-electron chi connectivity index (χ1n) is 3.91. The number of rotatable bonds is 9. The van der Waals surface area contributed by atoms with Crippen LogP contribution in [-0.2, 0) is 28.2 Å². The monoisotopic (exact) mass is 246 g/mol. The Morgan fingerprint density at radius 1 is 1.13 bits per heavy atom. The van der Waals surface area contributed by atoms with E-state index in [1.54, 1.807) is 0 Å². The highest BCUT2D eigenvalue weighted by molar-refractivity contribution is 7.81. The molecule has 0 rings (SSSR count). The maximum Gasteiger partial charge on any atom is 0.400 e. The van der Waals surface area contributed by atoms with E-state index >= 15 is 0 Å². The van der Waals surface area contributed by atoms with Crippen molar-refractivity contribution in [3.8, 4) is 0 Å². The van der Waals surface area contributed by atoms with Gasteiger partial charge < -0.3 is 19.7 Å². The van der Waals surface area contributed by atoms with Crippen LogP contribution in [0.15, 0.2) is 0 Å². The molecular formula is C6H14O8S. The fourth-order valence-corrected chi connectivity index (χ4v) is 1.20. The maximum atomic E-state index is 10.9. The number of hydrogen-bond acceptors (Lipinski definition) is 8. The van der Waals surface area contributed by atoms with Crippen molar-refractivity contribution in [2.24, 2.45) is 0 Å². The van der Waals surface area contributed by atoms with E-state index < -0.39 is 30.1 Å². The lowest BCUT2D eigenvalue weighted by Crippen LogP contribution is -2.29. The first kappa shape index (κ1) is 14.7. The van der Waals surface area contributed by atoms with Crippen molar-refractivity contribution in [1.82, 2.24) is 0 Å². The molecule has 0 aromatic heterocycles. The third-order valence-electron chi connectivity index (χ3n) is 1.25. The van der Waals surface area contributed by atoms with Gasteiger partial charge in [0.25, 0.3) is 0 Å². The summed E-state index contributed by atoms with van der Waals surface area (Å²) in [6.45, 7) is -1.57. The third-order valence-corrected chi connectivity index (χ3v) is 2.16. The fourth-order valence-electron chi connectivity index (χ4n) is 0.678. The zero-order valence-corrected chi connectivity index (χ0v) is 8.97. The standard InChI is InChI=1S/C6H14O8S/c1-11-15(9,10)14-6(2-12-4-7)3-13-5-8/h6-8H,2-5H2,1H3. The highest BCUT2D eigenvalue weighted by Crippen LogP contribution is 2.02. The number of hydrogen-bond donors (Lipinski definition) is 2. The topological polar surface area (TPSA) is 112 Å². The zero-order valence-electron chi connectivity index (χ0n) is 8.16. The van der Waals surface area contributed by atoms with Crippen LogP contribution in [0.1, 0.15) is 0 Å². The second-order valence-electron chi connectivity index (χ2n) is 2.29. The van der Waals surface area contributed by atoms with Crippen molar-refractivity contribution in [3.05, 3.63) is 0 Å². The Bertz CT molecular complexity index is 230. The van der Waals surface area contributed by atoms with Crippen molar-refractivity contribution in [1.29, 1.82) is 0 Å². The lowest BCUT2D eigenvalue weighted by molar-refractivity contribution is -0.0791. The summed E-state index contributed by atoms with van der Waals surface area (Å²) >= 11 is 0. The molecule has 2 N–H and O–H groups in total. The number of ether oxygens (including phenoxy) is 2. The predicted molar refractivity (Wildman–Crippen MR) is 46.9 cm³/mol. The Morgan fingerprint density at radius 2 is 1.60 bits per heavy atom. The van der Waals surface area contributed by atoms with Crippen molar-refractivity contribution in [2.75, 3.05) is 33.9 Å². The van der Waals surface area contributed by atoms with Crippen LogP contribution in [-0.4, -0.2) is 58.6 Å². The van der Waals surface area contributed by atoms with Crippen LogP contribution in [0.25, 0.3) is 0 Å². The second-order valence-corrected chi connectivity index (χ2v) is 3.64. The zero-order chi connectivity index (χ0) is 11.7. The molecule has 0 radical (unpaired) electrons. The van der Waals surface area contributed by atoms with E-state index in [9.17, 15) is 8.42 Å². The van der Waals surface area contributed by atoms with Gasteiger partial charge in [-0.25, -0.2) is 4.18 Å². The summed E-state index contributed by atoms with van der Waals surface area (Å²) in [5, 5.41) is 16.7. The van der Waals surface area contributed by atoms with E-state index in [2.05, 4.69) is 17.8 Å². The summed E-state index contributed by atoms with van der Waals surface area (Å²) in [6.07, 6.45) is -0.991. The van der Waals surface area contributed by atoms with Crippen LogP contribution in [0.5, 0.6) is 0 Å². The molecule has 0 aliphatic rings. The van der Waals surface area contributed by atoms with Gasteiger partial charge in [0.1, 0.15) is 19.7 Å². The maximum absolute atomic E-state index is 10.9. The van der Waals surface area contributed by atoms with Gasteiger partial charge in [0.05, 0.1) is 20.3 Å². The molecule has 0 amide bonds. The van der Waals surface area contributed by atoms with Gasteiger partial charge in [-0.3, -0.25) is 4.18 Å². The molecule has 0 heterocycles. The second kappa shape index (κ2) is 7.93. The van der Waals surface area contributed by atoms with Gasteiger partial charge in [-0.2, -0.15) is 8.42 Å². The summed E-state index contributed by atoms with van der Waals surface area (Å²) in [5.74, 6) is 0. The summed E-state index contributed by atoms with van der Waals surface area (Å²) in [7, 11) is -3.17.